The normalized spacial score (nSPS) is 9.40. The van der Waals surface area contributed by atoms with Gasteiger partial charge in [-0.2, -0.15) is 0 Å². The van der Waals surface area contributed by atoms with Gasteiger partial charge in [0.25, 0.3) is 0 Å². The van der Waals surface area contributed by atoms with Gasteiger partial charge in [0.1, 0.15) is 5.69 Å². The number of rotatable bonds is 1. The Morgan fingerprint density at radius 2 is 2.20 bits per heavy atom. The maximum Gasteiger partial charge on any atom is 0.155 e. The minimum Gasteiger partial charge on any atom is -0.204 e. The molecule has 0 radical (unpaired) electrons. The lowest BCUT2D eigenvalue weighted by molar-refractivity contribution is 0.620. The van der Waals surface area contributed by atoms with Crippen LogP contribution in [0.5, 0.6) is 0 Å². The van der Waals surface area contributed by atoms with Gasteiger partial charge in [-0.1, -0.05) is 12.1 Å². The summed E-state index contributed by atoms with van der Waals surface area (Å²) in [6.07, 6.45) is 0. The highest BCUT2D eigenvalue weighted by atomic mass is 19.1. The third-order valence-electron chi connectivity index (χ3n) is 1.27. The first-order valence-corrected chi connectivity index (χ1v) is 2.84. The summed E-state index contributed by atoms with van der Waals surface area (Å²) in [5.41, 5.74) is 0.317. The average molecular weight is 139 g/mol. The fourth-order valence-corrected chi connectivity index (χ4v) is 0.702. The van der Waals surface area contributed by atoms with E-state index in [1.54, 1.807) is 19.1 Å². The summed E-state index contributed by atoms with van der Waals surface area (Å²) in [6, 6.07) is 4.52. The lowest BCUT2D eigenvalue weighted by atomic mass is 10.2. The van der Waals surface area contributed by atoms with Gasteiger partial charge in [0.15, 0.2) is 5.82 Å². The molecule has 1 aromatic carbocycles. The molecule has 0 atom stereocenters. The number of aryl methyl sites for hydroxylation is 1. The van der Waals surface area contributed by atoms with E-state index >= 15 is 0 Å². The van der Waals surface area contributed by atoms with Crippen molar-refractivity contribution in [2.24, 2.45) is 5.18 Å². The molecule has 0 aromatic heterocycles. The van der Waals surface area contributed by atoms with Gasteiger partial charge in [0, 0.05) is 0 Å². The zero-order valence-corrected chi connectivity index (χ0v) is 5.47. The van der Waals surface area contributed by atoms with Crippen molar-refractivity contribution < 1.29 is 4.39 Å². The van der Waals surface area contributed by atoms with Crippen LogP contribution in [0.2, 0.25) is 0 Å². The Labute approximate surface area is 57.7 Å². The third kappa shape index (κ3) is 1.03. The highest BCUT2D eigenvalue weighted by molar-refractivity contribution is 5.41. The summed E-state index contributed by atoms with van der Waals surface area (Å²) in [4.78, 5) is 9.89. The van der Waals surface area contributed by atoms with E-state index < -0.39 is 5.82 Å². The molecule has 2 nitrogen and oxygen atoms in total. The minimum absolute atomic E-state index is 0.125. The van der Waals surface area contributed by atoms with E-state index in [2.05, 4.69) is 5.18 Å². The van der Waals surface area contributed by atoms with Crippen LogP contribution in [0.1, 0.15) is 5.56 Å². The fourth-order valence-electron chi connectivity index (χ4n) is 0.702. The van der Waals surface area contributed by atoms with Crippen LogP contribution in [0.25, 0.3) is 0 Å². The van der Waals surface area contributed by atoms with E-state index in [4.69, 9.17) is 0 Å². The SMILES string of the molecule is Cc1cccc(N=O)c1F. The molecule has 0 N–H and O–H groups in total. The van der Waals surface area contributed by atoms with E-state index in [0.29, 0.717) is 5.56 Å². The summed E-state index contributed by atoms with van der Waals surface area (Å²) in [6.45, 7) is 1.59. The number of benzene rings is 1. The molecular weight excluding hydrogens is 133 g/mol. The van der Waals surface area contributed by atoms with Crippen LogP contribution in [0.3, 0.4) is 0 Å². The van der Waals surface area contributed by atoms with E-state index in [1.165, 1.54) is 6.07 Å². The monoisotopic (exact) mass is 139 g/mol. The molecule has 3 heteroatoms. The number of nitroso groups, excluding NO2 is 1. The van der Waals surface area contributed by atoms with Crippen LogP contribution in [0.4, 0.5) is 10.1 Å². The number of hydrogen-bond acceptors (Lipinski definition) is 2. The van der Waals surface area contributed by atoms with Crippen molar-refractivity contribution in [1.29, 1.82) is 0 Å². The predicted octanol–water partition coefficient (Wildman–Crippen LogP) is 2.53. The molecule has 10 heavy (non-hydrogen) atoms. The summed E-state index contributed by atoms with van der Waals surface area (Å²) in [5, 5.41) is 2.51. The molecule has 0 aliphatic heterocycles. The molecule has 52 valence electrons. The molecule has 0 amide bonds. The number of nitrogens with zero attached hydrogens (tertiary/aromatic N) is 1. The van der Waals surface area contributed by atoms with Crippen molar-refractivity contribution in [3.05, 3.63) is 34.5 Å². The molecular formula is C7H6FNO. The van der Waals surface area contributed by atoms with Crippen LogP contribution in [-0.2, 0) is 0 Å². The van der Waals surface area contributed by atoms with Gasteiger partial charge < -0.3 is 0 Å². The minimum atomic E-state index is -0.530. The molecule has 0 saturated heterocycles. The Hall–Kier alpha value is -1.25. The van der Waals surface area contributed by atoms with E-state index in [0.717, 1.165) is 0 Å². The topological polar surface area (TPSA) is 29.4 Å². The van der Waals surface area contributed by atoms with Gasteiger partial charge in [-0.3, -0.25) is 0 Å². The molecule has 0 aliphatic rings. The van der Waals surface area contributed by atoms with Crippen molar-refractivity contribution in [2.75, 3.05) is 0 Å². The lowest BCUT2D eigenvalue weighted by Crippen LogP contribution is -1.79. The summed E-state index contributed by atoms with van der Waals surface area (Å²) in [7, 11) is 0. The van der Waals surface area contributed by atoms with Gasteiger partial charge in [-0.05, 0) is 23.7 Å². The molecule has 1 aromatic rings. The number of halogens is 1. The second-order valence-corrected chi connectivity index (χ2v) is 2.00. The van der Waals surface area contributed by atoms with E-state index in [1.807, 2.05) is 0 Å². The van der Waals surface area contributed by atoms with Crippen molar-refractivity contribution in [3.63, 3.8) is 0 Å². The van der Waals surface area contributed by atoms with Gasteiger partial charge in [-0.15, -0.1) is 4.91 Å². The quantitative estimate of drug-likeness (QED) is 0.549. The van der Waals surface area contributed by atoms with Crippen molar-refractivity contribution >= 4 is 5.69 Å². The molecule has 0 heterocycles. The molecule has 0 bridgehead atoms. The van der Waals surface area contributed by atoms with Crippen LogP contribution < -0.4 is 0 Å². The van der Waals surface area contributed by atoms with Crippen LogP contribution in [-0.4, -0.2) is 0 Å². The predicted molar refractivity (Wildman–Crippen MR) is 36.6 cm³/mol. The smallest absolute Gasteiger partial charge is 0.155 e. The summed E-state index contributed by atoms with van der Waals surface area (Å²) in [5.74, 6) is -0.530. The maximum absolute atomic E-state index is 12.7. The average Bonchev–Trinajstić information content (AvgIpc) is 1.95. The first-order chi connectivity index (χ1) is 4.75. The Balaban J connectivity index is 3.27. The van der Waals surface area contributed by atoms with Crippen molar-refractivity contribution in [2.45, 2.75) is 6.92 Å². The number of hydrogen-bond donors (Lipinski definition) is 0. The Kier molecular flexibility index (Phi) is 1.76. The molecule has 1 rings (SSSR count). The second-order valence-electron chi connectivity index (χ2n) is 2.00. The van der Waals surface area contributed by atoms with Gasteiger partial charge in [0.2, 0.25) is 0 Å². The zero-order chi connectivity index (χ0) is 7.56. The van der Waals surface area contributed by atoms with Gasteiger partial charge in [-0.25, -0.2) is 4.39 Å². The Morgan fingerprint density at radius 3 is 2.70 bits per heavy atom. The maximum atomic E-state index is 12.7. The highest BCUT2D eigenvalue weighted by Gasteiger charge is 2.02. The van der Waals surface area contributed by atoms with Crippen molar-refractivity contribution in [1.82, 2.24) is 0 Å². The van der Waals surface area contributed by atoms with Crippen molar-refractivity contribution in [3.8, 4) is 0 Å². The van der Waals surface area contributed by atoms with Gasteiger partial charge >= 0.3 is 0 Å². The standard InChI is InChI=1S/C7H6FNO/c1-5-3-2-4-6(9-10)7(5)8/h2-4H,1H3. The summed E-state index contributed by atoms with van der Waals surface area (Å²) < 4.78 is 12.7. The first-order valence-electron chi connectivity index (χ1n) is 2.84. The second kappa shape index (κ2) is 2.56. The van der Waals surface area contributed by atoms with Gasteiger partial charge in [0.05, 0.1) is 0 Å². The van der Waals surface area contributed by atoms with Crippen LogP contribution in [0, 0.1) is 17.6 Å². The largest absolute Gasteiger partial charge is 0.204 e. The zero-order valence-electron chi connectivity index (χ0n) is 5.47. The van der Waals surface area contributed by atoms with E-state index in [-0.39, 0.29) is 5.69 Å². The molecule has 0 aliphatic carbocycles. The Bertz CT molecular complexity index is 260. The fraction of sp³-hybridized carbons (Fsp3) is 0.143. The molecule has 0 spiro atoms. The van der Waals surface area contributed by atoms with Crippen LogP contribution in [0.15, 0.2) is 23.4 Å². The highest BCUT2D eigenvalue weighted by Crippen LogP contribution is 2.19. The summed E-state index contributed by atoms with van der Waals surface area (Å²) >= 11 is 0. The lowest BCUT2D eigenvalue weighted by Gasteiger charge is -1.94. The van der Waals surface area contributed by atoms with E-state index in [9.17, 15) is 9.30 Å². The molecule has 0 saturated carbocycles. The van der Waals surface area contributed by atoms with Crippen LogP contribution >= 0.6 is 0 Å². The molecule has 0 fully saturated rings. The first kappa shape index (κ1) is 6.86. The third-order valence-corrected chi connectivity index (χ3v) is 1.27. The Morgan fingerprint density at radius 1 is 1.50 bits per heavy atom. The molecule has 0 unspecified atom stereocenters.